The highest BCUT2D eigenvalue weighted by Gasteiger charge is 2.18. The van der Waals surface area contributed by atoms with Crippen molar-refractivity contribution in [1.29, 1.82) is 0 Å². The van der Waals surface area contributed by atoms with Crippen LogP contribution < -0.4 is 4.90 Å². The lowest BCUT2D eigenvalue weighted by Gasteiger charge is -2.28. The lowest BCUT2D eigenvalue weighted by molar-refractivity contribution is -0.160. The Balaban J connectivity index is 1.73. The Morgan fingerprint density at radius 2 is 1.46 bits per heavy atom. The first-order valence-corrected chi connectivity index (χ1v) is 13.1. The topological polar surface area (TPSA) is 64.6 Å². The van der Waals surface area contributed by atoms with Gasteiger partial charge in [-0.15, -0.1) is 0 Å². The predicted octanol–water partition coefficient (Wildman–Crippen LogP) is 6.78. The maximum atomic E-state index is 11.8. The zero-order valence-electron chi connectivity index (χ0n) is 23.4. The van der Waals surface area contributed by atoms with Gasteiger partial charge in [-0.2, -0.15) is 0 Å². The fraction of sp³-hybridized carbons (Fsp3) is 0.452. The van der Waals surface area contributed by atoms with Crippen LogP contribution in [0.15, 0.2) is 54.7 Å². The van der Waals surface area contributed by atoms with E-state index in [1.165, 1.54) is 11.1 Å². The van der Waals surface area contributed by atoms with E-state index in [1.807, 2.05) is 27.0 Å². The summed E-state index contributed by atoms with van der Waals surface area (Å²) < 4.78 is 10.8. The highest BCUT2D eigenvalue weighted by molar-refractivity contribution is 5.79. The standard InChI is InChI=1S/C31H41N3O3/c1-22(2)34(18-8-9-19-36-21-28(35)37-31(5,6)7)27-20-32-29(25-14-10-23(3)11-15-25)30(33-27)26-16-12-24(4)13-17-26/h10-17,20,22H,8-9,18-19,21H2,1-7H3. The van der Waals surface area contributed by atoms with E-state index < -0.39 is 5.60 Å². The van der Waals surface area contributed by atoms with Crippen LogP contribution in [0, 0.1) is 13.8 Å². The molecule has 6 nitrogen and oxygen atoms in total. The van der Waals surface area contributed by atoms with Gasteiger partial charge in [0.15, 0.2) is 0 Å². The highest BCUT2D eigenvalue weighted by atomic mass is 16.6. The summed E-state index contributed by atoms with van der Waals surface area (Å²) in [6.07, 6.45) is 3.63. The average Bonchev–Trinajstić information content (AvgIpc) is 2.83. The quantitative estimate of drug-likeness (QED) is 0.212. The van der Waals surface area contributed by atoms with Gasteiger partial charge in [0.25, 0.3) is 0 Å². The summed E-state index contributed by atoms with van der Waals surface area (Å²) in [7, 11) is 0. The summed E-state index contributed by atoms with van der Waals surface area (Å²) in [6, 6.07) is 17.1. The molecule has 0 radical (unpaired) electrons. The van der Waals surface area contributed by atoms with Crippen LogP contribution in [-0.4, -0.2) is 47.3 Å². The first-order valence-electron chi connectivity index (χ1n) is 13.1. The maximum absolute atomic E-state index is 11.8. The lowest BCUT2D eigenvalue weighted by atomic mass is 10.0. The molecular formula is C31H41N3O3. The normalized spacial score (nSPS) is 11.6. The number of hydrogen-bond acceptors (Lipinski definition) is 6. The van der Waals surface area contributed by atoms with Crippen molar-refractivity contribution < 1.29 is 14.3 Å². The summed E-state index contributed by atoms with van der Waals surface area (Å²) >= 11 is 0. The fourth-order valence-corrected chi connectivity index (χ4v) is 4.00. The number of aryl methyl sites for hydroxylation is 2. The van der Waals surface area contributed by atoms with Gasteiger partial charge in [-0.25, -0.2) is 9.78 Å². The molecule has 0 atom stereocenters. The van der Waals surface area contributed by atoms with E-state index in [0.29, 0.717) is 6.61 Å². The molecular weight excluding hydrogens is 462 g/mol. The smallest absolute Gasteiger partial charge is 0.332 e. The minimum atomic E-state index is -0.494. The number of aromatic nitrogens is 2. The van der Waals surface area contributed by atoms with Gasteiger partial charge in [-0.1, -0.05) is 59.7 Å². The molecule has 0 aliphatic rings. The SMILES string of the molecule is Cc1ccc(-c2ncc(N(CCCCOCC(=O)OC(C)(C)C)C(C)C)nc2-c2ccc(C)cc2)cc1. The van der Waals surface area contributed by atoms with Crippen LogP contribution in [0.1, 0.15) is 58.6 Å². The van der Waals surface area contributed by atoms with Crippen molar-refractivity contribution in [3.63, 3.8) is 0 Å². The van der Waals surface area contributed by atoms with Crippen LogP contribution in [0.5, 0.6) is 0 Å². The third-order valence-electron chi connectivity index (χ3n) is 5.91. The molecule has 2 aromatic carbocycles. The Bertz CT molecular complexity index is 1150. The summed E-state index contributed by atoms with van der Waals surface area (Å²) in [5, 5.41) is 0. The number of hydrogen-bond donors (Lipinski definition) is 0. The molecule has 0 aliphatic carbocycles. The Hall–Kier alpha value is -3.25. The molecule has 0 spiro atoms. The van der Waals surface area contributed by atoms with Crippen molar-refractivity contribution in [1.82, 2.24) is 9.97 Å². The van der Waals surface area contributed by atoms with Gasteiger partial charge in [-0.05, 0) is 61.3 Å². The number of carbonyl (C=O) groups excluding carboxylic acids is 1. The van der Waals surface area contributed by atoms with Crippen LogP contribution in [0.3, 0.4) is 0 Å². The highest BCUT2D eigenvalue weighted by Crippen LogP contribution is 2.31. The monoisotopic (exact) mass is 503 g/mol. The third kappa shape index (κ3) is 8.67. The van der Waals surface area contributed by atoms with Crippen molar-refractivity contribution >= 4 is 11.8 Å². The molecule has 3 rings (SSSR count). The van der Waals surface area contributed by atoms with Crippen LogP contribution in [-0.2, 0) is 14.3 Å². The van der Waals surface area contributed by atoms with Gasteiger partial charge in [0.2, 0.25) is 0 Å². The zero-order chi connectivity index (χ0) is 27.0. The van der Waals surface area contributed by atoms with Gasteiger partial charge in [0.05, 0.1) is 17.6 Å². The molecule has 0 saturated carbocycles. The first-order chi connectivity index (χ1) is 17.5. The number of anilines is 1. The molecule has 0 N–H and O–H groups in total. The van der Waals surface area contributed by atoms with Crippen LogP contribution in [0.25, 0.3) is 22.5 Å². The van der Waals surface area contributed by atoms with Gasteiger partial charge in [-0.3, -0.25) is 4.98 Å². The van der Waals surface area contributed by atoms with Crippen molar-refractivity contribution in [2.75, 3.05) is 24.7 Å². The van der Waals surface area contributed by atoms with E-state index in [1.54, 1.807) is 0 Å². The van der Waals surface area contributed by atoms with Gasteiger partial charge >= 0.3 is 5.97 Å². The van der Waals surface area contributed by atoms with E-state index in [4.69, 9.17) is 19.4 Å². The second-order valence-corrected chi connectivity index (χ2v) is 10.8. The molecule has 1 heterocycles. The van der Waals surface area contributed by atoms with Gasteiger partial charge in [0, 0.05) is 30.3 Å². The number of unbranched alkanes of at least 4 members (excludes halogenated alkanes) is 1. The molecule has 198 valence electrons. The minimum Gasteiger partial charge on any atom is -0.458 e. The largest absolute Gasteiger partial charge is 0.458 e. The number of nitrogens with zero attached hydrogens (tertiary/aromatic N) is 3. The second kappa shape index (κ2) is 12.8. The maximum Gasteiger partial charge on any atom is 0.332 e. The first kappa shape index (κ1) is 28.3. The van der Waals surface area contributed by atoms with Crippen molar-refractivity contribution in [3.8, 4) is 22.5 Å². The van der Waals surface area contributed by atoms with Crippen molar-refractivity contribution in [2.24, 2.45) is 0 Å². The lowest BCUT2D eigenvalue weighted by Crippen LogP contribution is -2.33. The van der Waals surface area contributed by atoms with Crippen LogP contribution in [0.2, 0.25) is 0 Å². The van der Waals surface area contributed by atoms with E-state index in [9.17, 15) is 4.79 Å². The number of ether oxygens (including phenoxy) is 2. The zero-order valence-corrected chi connectivity index (χ0v) is 23.4. The summed E-state index contributed by atoms with van der Waals surface area (Å²) in [6.45, 7) is 15.4. The number of rotatable bonds is 11. The van der Waals surface area contributed by atoms with Crippen LogP contribution >= 0.6 is 0 Å². The Morgan fingerprint density at radius 3 is 2.00 bits per heavy atom. The average molecular weight is 504 g/mol. The number of benzene rings is 2. The molecule has 0 amide bonds. The molecule has 3 aromatic rings. The number of esters is 1. The summed E-state index contributed by atoms with van der Waals surface area (Å²) in [4.78, 5) is 24.1. The Morgan fingerprint density at radius 1 is 0.892 bits per heavy atom. The molecule has 6 heteroatoms. The van der Waals surface area contributed by atoms with Crippen molar-refractivity contribution in [2.45, 2.75) is 73.0 Å². The van der Waals surface area contributed by atoms with E-state index in [0.717, 1.165) is 47.7 Å². The minimum absolute atomic E-state index is 0.0168. The molecule has 0 bridgehead atoms. The van der Waals surface area contributed by atoms with E-state index in [2.05, 4.69) is 81.1 Å². The van der Waals surface area contributed by atoms with E-state index >= 15 is 0 Å². The van der Waals surface area contributed by atoms with E-state index in [-0.39, 0.29) is 18.6 Å². The summed E-state index contributed by atoms with van der Waals surface area (Å²) in [5.41, 5.74) is 5.80. The fourth-order valence-electron chi connectivity index (χ4n) is 4.00. The molecule has 1 aromatic heterocycles. The second-order valence-electron chi connectivity index (χ2n) is 10.8. The molecule has 37 heavy (non-hydrogen) atoms. The summed E-state index contributed by atoms with van der Waals surface area (Å²) in [5.74, 6) is 0.528. The van der Waals surface area contributed by atoms with Gasteiger partial charge < -0.3 is 14.4 Å². The molecule has 0 unspecified atom stereocenters. The molecule has 0 fully saturated rings. The Kier molecular flexibility index (Phi) is 9.81. The molecule has 0 aliphatic heterocycles. The van der Waals surface area contributed by atoms with Crippen molar-refractivity contribution in [3.05, 3.63) is 65.9 Å². The number of carbonyl (C=O) groups is 1. The third-order valence-corrected chi connectivity index (χ3v) is 5.91. The Labute approximate surface area is 222 Å². The predicted molar refractivity (Wildman–Crippen MR) is 151 cm³/mol. The molecule has 0 saturated heterocycles. The van der Waals surface area contributed by atoms with Crippen LogP contribution in [0.4, 0.5) is 5.82 Å². The van der Waals surface area contributed by atoms with Gasteiger partial charge in [0.1, 0.15) is 18.0 Å².